The second kappa shape index (κ2) is 7.55. The second-order valence-electron chi connectivity index (χ2n) is 5.71. The maximum Gasteiger partial charge on any atom is 0.263 e. The van der Waals surface area contributed by atoms with Gasteiger partial charge in [0.05, 0.1) is 17.8 Å². The zero-order valence-corrected chi connectivity index (χ0v) is 14.4. The number of aromatic nitrogens is 4. The topological polar surface area (TPSA) is 127 Å². The van der Waals surface area contributed by atoms with Gasteiger partial charge in [-0.3, -0.25) is 4.79 Å². The van der Waals surface area contributed by atoms with E-state index in [0.29, 0.717) is 22.6 Å². The van der Waals surface area contributed by atoms with Crippen molar-refractivity contribution >= 4 is 12.1 Å². The number of benzene rings is 2. The Bertz CT molecular complexity index is 1100. The SMILES string of the molecule is N#Cc1ccccc1-c1nnn(CC(=O)NN=Cc2ccc3c(c2)OCO3)n1. The minimum atomic E-state index is -0.422. The number of hydrazone groups is 1. The average Bonchev–Trinajstić information content (AvgIpc) is 3.37. The van der Waals surface area contributed by atoms with E-state index in [0.717, 1.165) is 10.4 Å². The van der Waals surface area contributed by atoms with Crippen LogP contribution in [0.3, 0.4) is 0 Å². The highest BCUT2D eigenvalue weighted by atomic mass is 16.7. The molecule has 1 aliphatic heterocycles. The predicted molar refractivity (Wildman–Crippen MR) is 96.3 cm³/mol. The number of rotatable bonds is 5. The summed E-state index contributed by atoms with van der Waals surface area (Å²) in [7, 11) is 0. The smallest absolute Gasteiger partial charge is 0.263 e. The highest BCUT2D eigenvalue weighted by Crippen LogP contribution is 2.31. The van der Waals surface area contributed by atoms with Crippen LogP contribution in [0.1, 0.15) is 11.1 Å². The molecule has 0 aliphatic carbocycles. The van der Waals surface area contributed by atoms with E-state index in [-0.39, 0.29) is 19.2 Å². The van der Waals surface area contributed by atoms with Crippen molar-refractivity contribution in [3.05, 3.63) is 53.6 Å². The number of amides is 1. The first-order valence-corrected chi connectivity index (χ1v) is 8.22. The van der Waals surface area contributed by atoms with Gasteiger partial charge in [0.2, 0.25) is 12.6 Å². The van der Waals surface area contributed by atoms with Gasteiger partial charge in [-0.1, -0.05) is 12.1 Å². The molecule has 0 saturated carbocycles. The van der Waals surface area contributed by atoms with E-state index in [1.165, 1.54) is 6.21 Å². The molecule has 138 valence electrons. The van der Waals surface area contributed by atoms with Crippen LogP contribution in [0.25, 0.3) is 11.4 Å². The Hall–Kier alpha value is -4.26. The molecule has 0 fully saturated rings. The molecule has 0 saturated heterocycles. The number of nitrogens with zero attached hydrogens (tertiary/aromatic N) is 6. The first kappa shape index (κ1) is 17.2. The predicted octanol–water partition coefficient (Wildman–Crippen LogP) is 1.09. The monoisotopic (exact) mass is 375 g/mol. The van der Waals surface area contributed by atoms with Gasteiger partial charge in [0.15, 0.2) is 11.5 Å². The third-order valence-electron chi connectivity index (χ3n) is 3.83. The van der Waals surface area contributed by atoms with E-state index in [4.69, 9.17) is 14.7 Å². The number of hydrogen-bond donors (Lipinski definition) is 1. The van der Waals surface area contributed by atoms with Crippen LogP contribution in [-0.4, -0.2) is 39.1 Å². The molecule has 2 aromatic carbocycles. The van der Waals surface area contributed by atoms with Gasteiger partial charge in [-0.2, -0.15) is 15.2 Å². The fourth-order valence-corrected chi connectivity index (χ4v) is 2.53. The van der Waals surface area contributed by atoms with Gasteiger partial charge in [-0.15, -0.1) is 10.2 Å². The molecule has 0 unspecified atom stereocenters. The van der Waals surface area contributed by atoms with Gasteiger partial charge in [0, 0.05) is 5.56 Å². The summed E-state index contributed by atoms with van der Waals surface area (Å²) in [4.78, 5) is 13.1. The van der Waals surface area contributed by atoms with Crippen LogP contribution in [0.15, 0.2) is 47.6 Å². The van der Waals surface area contributed by atoms with E-state index < -0.39 is 5.91 Å². The van der Waals surface area contributed by atoms with Crippen LogP contribution >= 0.6 is 0 Å². The lowest BCUT2D eigenvalue weighted by Crippen LogP contribution is -2.24. The Kier molecular flexibility index (Phi) is 4.63. The Morgan fingerprint density at radius 3 is 3.04 bits per heavy atom. The lowest BCUT2D eigenvalue weighted by molar-refractivity contribution is -0.122. The van der Waals surface area contributed by atoms with Crippen molar-refractivity contribution in [3.8, 4) is 29.0 Å². The van der Waals surface area contributed by atoms with Crippen molar-refractivity contribution in [2.75, 3.05) is 6.79 Å². The Labute approximate surface area is 159 Å². The third kappa shape index (κ3) is 3.63. The number of ether oxygens (including phenoxy) is 2. The Balaban J connectivity index is 1.37. The van der Waals surface area contributed by atoms with Gasteiger partial charge in [0.1, 0.15) is 6.54 Å². The van der Waals surface area contributed by atoms with Crippen molar-refractivity contribution in [2.45, 2.75) is 6.54 Å². The Morgan fingerprint density at radius 1 is 1.29 bits per heavy atom. The molecular weight excluding hydrogens is 362 g/mol. The quantitative estimate of drug-likeness (QED) is 0.522. The van der Waals surface area contributed by atoms with Crippen LogP contribution < -0.4 is 14.9 Å². The molecule has 0 radical (unpaired) electrons. The fraction of sp³-hybridized carbons (Fsp3) is 0.111. The highest BCUT2D eigenvalue weighted by molar-refractivity contribution is 5.83. The van der Waals surface area contributed by atoms with Crippen LogP contribution in [-0.2, 0) is 11.3 Å². The maximum absolute atomic E-state index is 12.0. The maximum atomic E-state index is 12.0. The normalized spacial score (nSPS) is 12.1. The van der Waals surface area contributed by atoms with Crippen LogP contribution in [0.2, 0.25) is 0 Å². The summed E-state index contributed by atoms with van der Waals surface area (Å²) in [5.41, 5.74) is 4.13. The number of carbonyl (C=O) groups is 1. The lowest BCUT2D eigenvalue weighted by atomic mass is 10.1. The molecule has 0 spiro atoms. The van der Waals surface area contributed by atoms with Crippen molar-refractivity contribution in [2.24, 2.45) is 5.10 Å². The van der Waals surface area contributed by atoms with Crippen molar-refractivity contribution < 1.29 is 14.3 Å². The summed E-state index contributed by atoms with van der Waals surface area (Å²) >= 11 is 0. The van der Waals surface area contributed by atoms with Gasteiger partial charge in [-0.05, 0) is 41.1 Å². The molecule has 1 aliphatic rings. The molecule has 28 heavy (non-hydrogen) atoms. The molecule has 1 aromatic heterocycles. The van der Waals surface area contributed by atoms with E-state index in [1.54, 1.807) is 42.5 Å². The molecule has 4 rings (SSSR count). The summed E-state index contributed by atoms with van der Waals surface area (Å²) in [5.74, 6) is 1.16. The largest absolute Gasteiger partial charge is 0.454 e. The number of tetrazole rings is 1. The first-order chi connectivity index (χ1) is 13.7. The van der Waals surface area contributed by atoms with Crippen LogP contribution in [0.5, 0.6) is 11.5 Å². The standard InChI is InChI=1S/C18H13N7O3/c19-8-13-3-1-2-4-14(13)18-22-24-25(23-18)10-17(26)21-20-9-12-5-6-15-16(7-12)28-11-27-15/h1-7,9H,10-11H2,(H,21,26). The lowest BCUT2D eigenvalue weighted by Gasteiger charge is -1.99. The number of nitriles is 1. The number of carbonyl (C=O) groups excluding carboxylic acids is 1. The molecule has 0 bridgehead atoms. The first-order valence-electron chi connectivity index (χ1n) is 8.22. The molecule has 3 aromatic rings. The molecular formula is C18H13N7O3. The van der Waals surface area contributed by atoms with Gasteiger partial charge in [0.25, 0.3) is 5.91 Å². The molecule has 1 N–H and O–H groups in total. The van der Waals surface area contributed by atoms with E-state index in [2.05, 4.69) is 32.0 Å². The van der Waals surface area contributed by atoms with Gasteiger partial charge >= 0.3 is 0 Å². The zero-order valence-electron chi connectivity index (χ0n) is 14.4. The minimum Gasteiger partial charge on any atom is -0.454 e. The molecule has 10 heteroatoms. The second-order valence-corrected chi connectivity index (χ2v) is 5.71. The van der Waals surface area contributed by atoms with Gasteiger partial charge in [-0.25, -0.2) is 5.43 Å². The van der Waals surface area contributed by atoms with Crippen molar-refractivity contribution in [1.29, 1.82) is 5.26 Å². The molecule has 10 nitrogen and oxygen atoms in total. The summed E-state index contributed by atoms with van der Waals surface area (Å²) in [6.45, 7) is 0.0264. The zero-order chi connectivity index (χ0) is 19.3. The van der Waals surface area contributed by atoms with E-state index in [1.807, 2.05) is 0 Å². The number of hydrogen-bond acceptors (Lipinski definition) is 8. The van der Waals surface area contributed by atoms with Crippen molar-refractivity contribution in [1.82, 2.24) is 25.6 Å². The molecule has 2 heterocycles. The molecule has 0 atom stereocenters. The van der Waals surface area contributed by atoms with E-state index in [9.17, 15) is 4.79 Å². The minimum absolute atomic E-state index is 0.166. The van der Waals surface area contributed by atoms with E-state index >= 15 is 0 Å². The van der Waals surface area contributed by atoms with Crippen molar-refractivity contribution in [3.63, 3.8) is 0 Å². The summed E-state index contributed by atoms with van der Waals surface area (Å²) in [5, 5.41) is 24.9. The number of fused-ring (bicyclic) bond motifs is 1. The number of nitrogens with one attached hydrogen (secondary N) is 1. The molecule has 1 amide bonds. The fourth-order valence-electron chi connectivity index (χ4n) is 2.53. The highest BCUT2D eigenvalue weighted by Gasteiger charge is 2.13. The van der Waals surface area contributed by atoms with Crippen LogP contribution in [0.4, 0.5) is 0 Å². The Morgan fingerprint density at radius 2 is 2.14 bits per heavy atom. The summed E-state index contributed by atoms with van der Waals surface area (Å²) < 4.78 is 10.5. The van der Waals surface area contributed by atoms with Gasteiger partial charge < -0.3 is 9.47 Å². The average molecular weight is 375 g/mol. The summed E-state index contributed by atoms with van der Waals surface area (Å²) in [6, 6.07) is 14.3. The third-order valence-corrected chi connectivity index (χ3v) is 3.83. The van der Waals surface area contributed by atoms with Crippen LogP contribution in [0, 0.1) is 11.3 Å². The summed E-state index contributed by atoms with van der Waals surface area (Å²) in [6.07, 6.45) is 1.49.